The highest BCUT2D eigenvalue weighted by Crippen LogP contribution is 2.23. The van der Waals surface area contributed by atoms with Crippen LogP contribution >= 0.6 is 0 Å². The Bertz CT molecular complexity index is 1160. The fourth-order valence-electron chi connectivity index (χ4n) is 4.47. The number of nitrogens with one attached hydrogen (secondary N) is 3. The molecule has 1 aromatic heterocycles. The van der Waals surface area contributed by atoms with Crippen LogP contribution in [0.4, 0.5) is 23.0 Å². The first-order valence-corrected chi connectivity index (χ1v) is 12.6. The van der Waals surface area contributed by atoms with Gasteiger partial charge in [0.1, 0.15) is 23.7 Å². The van der Waals surface area contributed by atoms with Crippen molar-refractivity contribution in [3.8, 4) is 5.75 Å². The van der Waals surface area contributed by atoms with E-state index in [9.17, 15) is 4.79 Å². The largest absolute Gasteiger partial charge is 0.493 e. The lowest BCUT2D eigenvalue weighted by molar-refractivity contribution is -0.121. The van der Waals surface area contributed by atoms with Gasteiger partial charge in [-0.1, -0.05) is 18.2 Å². The van der Waals surface area contributed by atoms with E-state index in [-0.39, 0.29) is 5.91 Å². The van der Waals surface area contributed by atoms with Crippen LogP contribution in [0.1, 0.15) is 18.4 Å². The van der Waals surface area contributed by atoms with Gasteiger partial charge in [0.2, 0.25) is 5.91 Å². The van der Waals surface area contributed by atoms with Crippen molar-refractivity contribution >= 4 is 28.9 Å². The smallest absolute Gasteiger partial charge is 0.221 e. The Morgan fingerprint density at radius 2 is 1.53 bits per heavy atom. The van der Waals surface area contributed by atoms with E-state index >= 15 is 0 Å². The Labute approximate surface area is 211 Å². The Morgan fingerprint density at radius 3 is 2.33 bits per heavy atom. The normalized spacial score (nSPS) is 21.2. The molecule has 1 amide bonds. The maximum absolute atomic E-state index is 12.3. The van der Waals surface area contributed by atoms with Gasteiger partial charge < -0.3 is 25.6 Å². The number of piperazine rings is 1. The van der Waals surface area contributed by atoms with Crippen molar-refractivity contribution < 1.29 is 9.53 Å². The molecule has 6 rings (SSSR count). The SMILES string of the molecule is O=C1CCN2CCN(CC2)Cc2cccc(c2)Nc2cc(ncn2)Nc2cccc(c2)OCCCN1. The summed E-state index contributed by atoms with van der Waals surface area (Å²) in [6.07, 6.45) is 2.83. The van der Waals surface area contributed by atoms with Crippen LogP contribution in [0.3, 0.4) is 0 Å². The van der Waals surface area contributed by atoms with Crippen LogP contribution < -0.4 is 20.7 Å². The fourth-order valence-corrected chi connectivity index (χ4v) is 4.47. The van der Waals surface area contributed by atoms with Gasteiger partial charge in [-0.25, -0.2) is 9.97 Å². The average Bonchev–Trinajstić information content (AvgIpc) is 2.88. The van der Waals surface area contributed by atoms with E-state index in [0.717, 1.165) is 68.6 Å². The van der Waals surface area contributed by atoms with Gasteiger partial charge in [-0.15, -0.1) is 0 Å². The molecule has 0 saturated carbocycles. The summed E-state index contributed by atoms with van der Waals surface area (Å²) in [6, 6.07) is 18.1. The minimum Gasteiger partial charge on any atom is -0.493 e. The summed E-state index contributed by atoms with van der Waals surface area (Å²) in [6.45, 7) is 6.81. The highest BCUT2D eigenvalue weighted by atomic mass is 16.5. The Balaban J connectivity index is 1.31. The lowest BCUT2D eigenvalue weighted by Gasteiger charge is -2.34. The maximum atomic E-state index is 12.3. The van der Waals surface area contributed by atoms with E-state index in [2.05, 4.69) is 53.9 Å². The molecule has 3 aromatic rings. The Hall–Kier alpha value is -3.69. The predicted octanol–water partition coefficient (Wildman–Crippen LogP) is 3.37. The molecule has 0 atom stereocenters. The number of benzene rings is 2. The number of anilines is 4. The van der Waals surface area contributed by atoms with Gasteiger partial charge in [0.05, 0.1) is 6.61 Å². The number of hydrogen-bond donors (Lipinski definition) is 3. The van der Waals surface area contributed by atoms with Crippen molar-refractivity contribution in [2.24, 2.45) is 0 Å². The summed E-state index contributed by atoms with van der Waals surface area (Å²) in [5.41, 5.74) is 3.12. The number of carbonyl (C=O) groups is 1. The summed E-state index contributed by atoms with van der Waals surface area (Å²) in [5, 5.41) is 9.75. The molecule has 0 radical (unpaired) electrons. The third-order valence-electron chi connectivity index (χ3n) is 6.41. The van der Waals surface area contributed by atoms with E-state index in [4.69, 9.17) is 4.74 Å². The first-order chi connectivity index (χ1) is 17.7. The minimum absolute atomic E-state index is 0.103. The van der Waals surface area contributed by atoms with Gasteiger partial charge in [0.15, 0.2) is 0 Å². The van der Waals surface area contributed by atoms with Crippen molar-refractivity contribution in [1.82, 2.24) is 25.1 Å². The second-order valence-electron chi connectivity index (χ2n) is 9.19. The number of amides is 1. The molecule has 0 spiro atoms. The molecule has 3 aliphatic rings. The zero-order valence-electron chi connectivity index (χ0n) is 20.4. The highest BCUT2D eigenvalue weighted by Gasteiger charge is 2.18. The molecule has 8 bridgehead atoms. The van der Waals surface area contributed by atoms with Gasteiger partial charge in [0, 0.05) is 75.7 Å². The molecule has 9 heteroatoms. The third kappa shape index (κ3) is 6.93. The first kappa shape index (κ1) is 24.0. The molecule has 3 N–H and O–H groups in total. The lowest BCUT2D eigenvalue weighted by Crippen LogP contribution is -2.46. The topological polar surface area (TPSA) is 94.7 Å². The maximum Gasteiger partial charge on any atom is 0.221 e. The Morgan fingerprint density at radius 1 is 0.806 bits per heavy atom. The number of fused-ring (bicyclic) bond motifs is 9. The fraction of sp³-hybridized carbons (Fsp3) is 0.370. The first-order valence-electron chi connectivity index (χ1n) is 12.6. The molecular weight excluding hydrogens is 454 g/mol. The van der Waals surface area contributed by atoms with Crippen molar-refractivity contribution in [2.45, 2.75) is 19.4 Å². The third-order valence-corrected chi connectivity index (χ3v) is 6.41. The zero-order valence-corrected chi connectivity index (χ0v) is 20.4. The van der Waals surface area contributed by atoms with Crippen molar-refractivity contribution in [1.29, 1.82) is 0 Å². The molecule has 1 saturated heterocycles. The van der Waals surface area contributed by atoms with Crippen molar-refractivity contribution in [3.63, 3.8) is 0 Å². The highest BCUT2D eigenvalue weighted by molar-refractivity contribution is 5.76. The van der Waals surface area contributed by atoms with Crippen molar-refractivity contribution in [2.75, 3.05) is 56.5 Å². The molecule has 1 fully saturated rings. The number of nitrogens with zero attached hydrogens (tertiary/aromatic N) is 4. The van der Waals surface area contributed by atoms with Crippen LogP contribution in [0.5, 0.6) is 5.75 Å². The van der Waals surface area contributed by atoms with Gasteiger partial charge in [-0.2, -0.15) is 0 Å². The van der Waals surface area contributed by atoms with Crippen LogP contribution in [0.15, 0.2) is 60.9 Å². The summed E-state index contributed by atoms with van der Waals surface area (Å²) < 4.78 is 5.89. The second-order valence-corrected chi connectivity index (χ2v) is 9.19. The van der Waals surface area contributed by atoms with Gasteiger partial charge in [-0.3, -0.25) is 9.69 Å². The van der Waals surface area contributed by atoms with Crippen LogP contribution in [0.25, 0.3) is 0 Å². The molecule has 4 heterocycles. The quantitative estimate of drug-likeness (QED) is 0.444. The Kier molecular flexibility index (Phi) is 7.89. The van der Waals surface area contributed by atoms with Gasteiger partial charge >= 0.3 is 0 Å². The van der Waals surface area contributed by atoms with Crippen LogP contribution in [-0.4, -0.2) is 71.6 Å². The van der Waals surface area contributed by atoms with Crippen molar-refractivity contribution in [3.05, 3.63) is 66.5 Å². The molecular formula is C27H33N7O2. The van der Waals surface area contributed by atoms with Crippen LogP contribution in [0.2, 0.25) is 0 Å². The van der Waals surface area contributed by atoms with Crippen LogP contribution in [0, 0.1) is 0 Å². The monoisotopic (exact) mass is 487 g/mol. The second kappa shape index (κ2) is 11.8. The van der Waals surface area contributed by atoms with E-state index in [1.54, 1.807) is 6.33 Å². The molecule has 188 valence electrons. The van der Waals surface area contributed by atoms with Gasteiger partial charge in [-0.05, 0) is 36.2 Å². The molecule has 0 aliphatic carbocycles. The number of carbonyl (C=O) groups excluding carboxylic acids is 1. The van der Waals surface area contributed by atoms with E-state index in [1.807, 2.05) is 36.4 Å². The van der Waals surface area contributed by atoms with Gasteiger partial charge in [0.25, 0.3) is 0 Å². The zero-order chi connectivity index (χ0) is 24.6. The molecule has 9 nitrogen and oxygen atoms in total. The average molecular weight is 488 g/mol. The summed E-state index contributed by atoms with van der Waals surface area (Å²) in [4.78, 5) is 25.9. The van der Waals surface area contributed by atoms with E-state index < -0.39 is 0 Å². The lowest BCUT2D eigenvalue weighted by atomic mass is 10.1. The summed E-state index contributed by atoms with van der Waals surface area (Å²) in [7, 11) is 0. The number of ether oxygens (including phenoxy) is 1. The molecule has 2 aromatic carbocycles. The van der Waals surface area contributed by atoms with Crippen LogP contribution in [-0.2, 0) is 11.3 Å². The molecule has 3 aliphatic heterocycles. The number of rotatable bonds is 0. The van der Waals surface area contributed by atoms with E-state index in [0.29, 0.717) is 25.4 Å². The standard InChI is InChI=1S/C27H33N7O2/c35-27-8-10-33-11-13-34(14-12-33)19-21-4-1-5-22(16-21)31-25-18-26(30-20-29-25)32-23-6-2-7-24(17-23)36-15-3-9-28-27/h1-2,4-7,16-18,20H,3,8-15,19H2,(H,28,35)(H2,29,30,31,32). The number of hydrogen-bond acceptors (Lipinski definition) is 8. The molecule has 0 unspecified atom stereocenters. The summed E-state index contributed by atoms with van der Waals surface area (Å²) in [5.74, 6) is 2.29. The minimum atomic E-state index is 0.103. The predicted molar refractivity (Wildman–Crippen MR) is 141 cm³/mol. The summed E-state index contributed by atoms with van der Waals surface area (Å²) >= 11 is 0. The number of aromatic nitrogens is 2. The van der Waals surface area contributed by atoms with E-state index in [1.165, 1.54) is 5.56 Å². The molecule has 36 heavy (non-hydrogen) atoms.